The lowest BCUT2D eigenvalue weighted by Gasteiger charge is -2.27. The maximum absolute atomic E-state index is 13.4. The van der Waals surface area contributed by atoms with Crippen molar-refractivity contribution >= 4 is 23.4 Å². The molecule has 0 unspecified atom stereocenters. The van der Waals surface area contributed by atoms with E-state index < -0.39 is 0 Å². The smallest absolute Gasteiger partial charge is 0.191 e. The van der Waals surface area contributed by atoms with Crippen molar-refractivity contribution in [3.8, 4) is 17.1 Å². The van der Waals surface area contributed by atoms with E-state index in [4.69, 9.17) is 21.1 Å². The van der Waals surface area contributed by atoms with E-state index in [2.05, 4.69) is 19.7 Å². The number of hydrogen-bond acceptors (Lipinski definition) is 6. The maximum atomic E-state index is 13.4. The number of nitrogens with zero attached hydrogens (tertiary/aromatic N) is 4. The first-order valence-electron chi connectivity index (χ1n) is 10.2. The van der Waals surface area contributed by atoms with Gasteiger partial charge in [0.15, 0.2) is 11.0 Å². The molecule has 2 heterocycles. The van der Waals surface area contributed by atoms with E-state index in [0.29, 0.717) is 17.4 Å². The molecule has 0 saturated carbocycles. The summed E-state index contributed by atoms with van der Waals surface area (Å²) in [4.78, 5) is 2.37. The molecular weight excluding hydrogens is 439 g/mol. The average Bonchev–Trinajstić information content (AvgIpc) is 3.19. The van der Waals surface area contributed by atoms with Crippen LogP contribution in [0.15, 0.2) is 53.7 Å². The summed E-state index contributed by atoms with van der Waals surface area (Å²) in [5, 5.41) is 10.3. The van der Waals surface area contributed by atoms with Gasteiger partial charge in [0.2, 0.25) is 0 Å². The second-order valence-electron chi connectivity index (χ2n) is 7.07. The number of rotatable bonds is 9. The molecule has 1 fully saturated rings. The lowest BCUT2D eigenvalue weighted by atomic mass is 10.2. The monoisotopic (exact) mass is 462 g/mol. The Morgan fingerprint density at radius 1 is 1.06 bits per heavy atom. The van der Waals surface area contributed by atoms with Crippen molar-refractivity contribution in [3.63, 3.8) is 0 Å². The molecule has 9 heteroatoms. The van der Waals surface area contributed by atoms with Crippen molar-refractivity contribution in [2.45, 2.75) is 11.7 Å². The second-order valence-corrected chi connectivity index (χ2v) is 8.57. The van der Waals surface area contributed by atoms with Crippen LogP contribution in [0.1, 0.15) is 0 Å². The summed E-state index contributed by atoms with van der Waals surface area (Å²) < 4.78 is 26.7. The van der Waals surface area contributed by atoms with Gasteiger partial charge in [0.1, 0.15) is 11.6 Å². The Kier molecular flexibility index (Phi) is 7.80. The van der Waals surface area contributed by atoms with Crippen LogP contribution in [0.4, 0.5) is 4.39 Å². The van der Waals surface area contributed by atoms with Crippen molar-refractivity contribution in [2.24, 2.45) is 0 Å². The predicted molar refractivity (Wildman–Crippen MR) is 120 cm³/mol. The first kappa shape index (κ1) is 22.1. The molecule has 0 aliphatic carbocycles. The first-order valence-corrected chi connectivity index (χ1v) is 11.6. The molecule has 164 valence electrons. The predicted octanol–water partition coefficient (Wildman–Crippen LogP) is 4.24. The fourth-order valence-corrected chi connectivity index (χ4v) is 4.29. The quantitative estimate of drug-likeness (QED) is 0.350. The molecule has 1 aromatic heterocycles. The van der Waals surface area contributed by atoms with Gasteiger partial charge in [-0.3, -0.25) is 4.90 Å². The molecule has 0 amide bonds. The van der Waals surface area contributed by atoms with Crippen LogP contribution in [-0.4, -0.2) is 64.9 Å². The highest BCUT2D eigenvalue weighted by Gasteiger charge is 2.17. The minimum Gasteiger partial charge on any atom is -0.493 e. The van der Waals surface area contributed by atoms with E-state index >= 15 is 0 Å². The van der Waals surface area contributed by atoms with E-state index in [1.807, 2.05) is 18.2 Å². The van der Waals surface area contributed by atoms with E-state index in [0.717, 1.165) is 61.7 Å². The molecule has 6 nitrogen and oxygen atoms in total. The van der Waals surface area contributed by atoms with Gasteiger partial charge in [-0.2, -0.15) is 0 Å². The standard InChI is InChI=1S/C22H24ClFN4O2S/c23-18-2-1-3-20(16-18)30-14-15-31-22-26-25-21(17-4-6-19(24)7-5-17)28(22)9-8-27-10-12-29-13-11-27/h1-7,16H,8-15H2. The highest BCUT2D eigenvalue weighted by molar-refractivity contribution is 7.99. The number of aromatic nitrogens is 3. The van der Waals surface area contributed by atoms with Crippen molar-refractivity contribution in [2.75, 3.05) is 45.2 Å². The summed E-state index contributed by atoms with van der Waals surface area (Å²) in [6, 6.07) is 13.7. The van der Waals surface area contributed by atoms with Gasteiger partial charge in [0.25, 0.3) is 0 Å². The normalized spacial score (nSPS) is 14.6. The number of halogens is 2. The Hall–Kier alpha value is -2.13. The molecule has 1 aliphatic heterocycles. The molecule has 3 aromatic rings. The molecule has 0 N–H and O–H groups in total. The maximum Gasteiger partial charge on any atom is 0.191 e. The SMILES string of the molecule is Fc1ccc(-c2nnc(SCCOc3cccc(Cl)c3)n2CCN2CCOCC2)cc1. The van der Waals surface area contributed by atoms with Gasteiger partial charge >= 0.3 is 0 Å². The van der Waals surface area contributed by atoms with Gasteiger partial charge in [0, 0.05) is 42.5 Å². The van der Waals surface area contributed by atoms with Gasteiger partial charge in [0.05, 0.1) is 19.8 Å². The van der Waals surface area contributed by atoms with Crippen molar-refractivity contribution in [1.29, 1.82) is 0 Å². The fourth-order valence-electron chi connectivity index (χ4n) is 3.33. The molecule has 1 saturated heterocycles. The van der Waals surface area contributed by atoms with Gasteiger partial charge in [-0.1, -0.05) is 29.4 Å². The van der Waals surface area contributed by atoms with Crippen LogP contribution in [0.2, 0.25) is 5.02 Å². The molecule has 4 rings (SSSR count). The molecule has 0 bridgehead atoms. The minimum atomic E-state index is -0.268. The fraction of sp³-hybridized carbons (Fsp3) is 0.364. The van der Waals surface area contributed by atoms with E-state index in [-0.39, 0.29) is 5.82 Å². The number of thioether (sulfide) groups is 1. The Labute approximate surface area is 190 Å². The van der Waals surface area contributed by atoms with Crippen LogP contribution in [0.25, 0.3) is 11.4 Å². The third-order valence-corrected chi connectivity index (χ3v) is 6.11. The lowest BCUT2D eigenvalue weighted by Crippen LogP contribution is -2.38. The Morgan fingerprint density at radius 2 is 1.87 bits per heavy atom. The Bertz CT molecular complexity index is 980. The zero-order valence-electron chi connectivity index (χ0n) is 17.0. The summed E-state index contributed by atoms with van der Waals surface area (Å²) in [6.07, 6.45) is 0. The van der Waals surface area contributed by atoms with Crippen LogP contribution in [0.3, 0.4) is 0 Å². The van der Waals surface area contributed by atoms with Crippen LogP contribution < -0.4 is 4.74 Å². The minimum absolute atomic E-state index is 0.268. The summed E-state index contributed by atoms with van der Waals surface area (Å²) in [5.41, 5.74) is 0.845. The second kappa shape index (κ2) is 10.9. The Balaban J connectivity index is 1.43. The number of benzene rings is 2. The molecule has 0 atom stereocenters. The first-order chi connectivity index (χ1) is 15.2. The van der Waals surface area contributed by atoms with Gasteiger partial charge < -0.3 is 14.0 Å². The summed E-state index contributed by atoms with van der Waals surface area (Å²) in [7, 11) is 0. The third-order valence-electron chi connectivity index (χ3n) is 4.94. The van der Waals surface area contributed by atoms with Crippen LogP contribution in [0.5, 0.6) is 5.75 Å². The molecule has 1 aliphatic rings. The van der Waals surface area contributed by atoms with Gasteiger partial charge in [-0.25, -0.2) is 4.39 Å². The molecular formula is C22H24ClFN4O2S. The van der Waals surface area contributed by atoms with E-state index in [1.54, 1.807) is 30.0 Å². The lowest BCUT2D eigenvalue weighted by molar-refractivity contribution is 0.0361. The number of hydrogen-bond donors (Lipinski definition) is 0. The topological polar surface area (TPSA) is 52.4 Å². The van der Waals surface area contributed by atoms with Crippen molar-refractivity contribution in [1.82, 2.24) is 19.7 Å². The molecule has 2 aromatic carbocycles. The van der Waals surface area contributed by atoms with Crippen LogP contribution in [-0.2, 0) is 11.3 Å². The van der Waals surface area contributed by atoms with Crippen LogP contribution in [0, 0.1) is 5.82 Å². The number of ether oxygens (including phenoxy) is 2. The highest BCUT2D eigenvalue weighted by atomic mass is 35.5. The number of morpholine rings is 1. The third kappa shape index (κ3) is 6.20. The molecule has 0 spiro atoms. The van der Waals surface area contributed by atoms with Crippen molar-refractivity contribution < 1.29 is 13.9 Å². The van der Waals surface area contributed by atoms with Crippen LogP contribution >= 0.6 is 23.4 Å². The average molecular weight is 463 g/mol. The summed E-state index contributed by atoms with van der Waals surface area (Å²) >= 11 is 7.59. The highest BCUT2D eigenvalue weighted by Crippen LogP contribution is 2.25. The Morgan fingerprint density at radius 3 is 2.65 bits per heavy atom. The summed E-state index contributed by atoms with van der Waals surface area (Å²) in [6.45, 7) is 5.51. The zero-order chi connectivity index (χ0) is 21.5. The molecule has 31 heavy (non-hydrogen) atoms. The largest absolute Gasteiger partial charge is 0.493 e. The summed E-state index contributed by atoms with van der Waals surface area (Å²) in [5.74, 6) is 1.93. The van der Waals surface area contributed by atoms with Crippen molar-refractivity contribution in [3.05, 3.63) is 59.4 Å². The zero-order valence-corrected chi connectivity index (χ0v) is 18.6. The molecule has 0 radical (unpaired) electrons. The van der Waals surface area contributed by atoms with E-state index in [9.17, 15) is 4.39 Å². The van der Waals surface area contributed by atoms with Gasteiger partial charge in [-0.05, 0) is 42.5 Å². The van der Waals surface area contributed by atoms with E-state index in [1.165, 1.54) is 12.1 Å². The van der Waals surface area contributed by atoms with Gasteiger partial charge in [-0.15, -0.1) is 10.2 Å².